The minimum Gasteiger partial charge on any atom is -0.372 e. The first kappa shape index (κ1) is 9.91. The molecule has 3 aliphatic rings. The molecule has 3 saturated heterocycles. The lowest BCUT2D eigenvalue weighted by Crippen LogP contribution is -3.12. The van der Waals surface area contributed by atoms with Crippen molar-refractivity contribution in [3.63, 3.8) is 0 Å². The van der Waals surface area contributed by atoms with Crippen LogP contribution in [-0.4, -0.2) is 55.3 Å². The average Bonchev–Trinajstić information content (AvgIpc) is 2.13. The molecule has 7 N–H and O–H groups in total. The van der Waals surface area contributed by atoms with Gasteiger partial charge >= 0.3 is 0 Å². The van der Waals surface area contributed by atoms with E-state index < -0.39 is 35.0 Å². The number of hydrogen-bond donors (Lipinski definition) is 5. The van der Waals surface area contributed by atoms with Crippen molar-refractivity contribution >= 4 is 0 Å². The van der Waals surface area contributed by atoms with Crippen LogP contribution >= 0.6 is 0 Å². The Labute approximate surface area is 86.2 Å². The third-order valence-corrected chi connectivity index (χ3v) is 4.40. The number of nitrogens with two attached hydrogens (primary N) is 2. The molecule has 0 radical (unpaired) electrons. The standard InChI is InChI=1S/C8H15N3O4/c1-3-6(9,12)5(2)4-7(13,11(3)5)8(10,14)15-4/h3-4,12-14H,9-10H2,1-2H3/t3?,4?,5?,6-,7+,8+/m1/s1. The Morgan fingerprint density at radius 3 is 2.27 bits per heavy atom. The van der Waals surface area contributed by atoms with Crippen molar-refractivity contribution in [2.45, 2.75) is 48.9 Å². The Morgan fingerprint density at radius 1 is 1.27 bits per heavy atom. The van der Waals surface area contributed by atoms with Gasteiger partial charge < -0.3 is 25.8 Å². The molecule has 15 heavy (non-hydrogen) atoms. The number of ether oxygens (including phenoxy) is 1. The van der Waals surface area contributed by atoms with Crippen molar-refractivity contribution in [3.8, 4) is 0 Å². The van der Waals surface area contributed by atoms with Gasteiger partial charge in [-0.3, -0.25) is 5.73 Å². The highest BCUT2D eigenvalue weighted by atomic mass is 16.7. The van der Waals surface area contributed by atoms with Gasteiger partial charge in [0.25, 0.3) is 5.91 Å². The number of aliphatic hydroxyl groups is 3. The van der Waals surface area contributed by atoms with Crippen LogP contribution in [0.4, 0.5) is 0 Å². The van der Waals surface area contributed by atoms with Crippen LogP contribution in [0.25, 0.3) is 0 Å². The van der Waals surface area contributed by atoms with E-state index in [0.717, 1.165) is 0 Å². The Morgan fingerprint density at radius 2 is 1.80 bits per heavy atom. The summed E-state index contributed by atoms with van der Waals surface area (Å²) < 4.78 is 4.95. The SMILES string of the molecule is CC1N2C(C)(C3O[C@@](N)(O)[C@@]32O)[C@]1(N)O. The molecule has 7 nitrogen and oxygen atoms in total. The van der Waals surface area contributed by atoms with E-state index in [2.05, 4.69) is 0 Å². The van der Waals surface area contributed by atoms with E-state index in [1.165, 1.54) is 4.90 Å². The first-order valence-corrected chi connectivity index (χ1v) is 4.84. The largest absolute Gasteiger partial charge is 0.372 e. The molecule has 3 fully saturated rings. The fraction of sp³-hybridized carbons (Fsp3) is 1.00. The molecule has 86 valence electrons. The molecule has 6 atom stereocenters. The molecule has 3 rings (SSSR count). The zero-order valence-electron chi connectivity index (χ0n) is 8.51. The number of fused-ring (bicyclic) bond motifs is 4. The smallest absolute Gasteiger partial charge is 0.270 e. The highest BCUT2D eigenvalue weighted by Gasteiger charge is 2.94. The summed E-state index contributed by atoms with van der Waals surface area (Å²) in [6.45, 7) is 3.33. The molecule has 3 aliphatic heterocycles. The second-order valence-corrected chi connectivity index (χ2v) is 4.94. The minimum atomic E-state index is -2.08. The maximum absolute atomic E-state index is 10.1. The molecule has 3 unspecified atom stereocenters. The number of rotatable bonds is 0. The first-order valence-electron chi connectivity index (χ1n) is 4.84. The molecule has 0 aromatic heterocycles. The first-order chi connectivity index (χ1) is 6.62. The van der Waals surface area contributed by atoms with Crippen LogP contribution in [0.3, 0.4) is 0 Å². The predicted octanol–water partition coefficient (Wildman–Crippen LogP) is -3.20. The van der Waals surface area contributed by atoms with E-state index in [1.807, 2.05) is 0 Å². The maximum atomic E-state index is 10.1. The zero-order valence-corrected chi connectivity index (χ0v) is 8.51. The molecule has 0 aromatic carbocycles. The minimum absolute atomic E-state index is 0.484. The van der Waals surface area contributed by atoms with Crippen LogP contribution < -0.4 is 11.5 Å². The third kappa shape index (κ3) is 0.586. The normalized spacial score (nSPS) is 72.2. The fourth-order valence-corrected chi connectivity index (χ4v) is 3.35. The number of nitrogens with zero attached hydrogens (tertiary/aromatic N) is 1. The molecule has 0 saturated carbocycles. The van der Waals surface area contributed by atoms with E-state index in [9.17, 15) is 15.3 Å². The van der Waals surface area contributed by atoms with Crippen molar-refractivity contribution in [2.24, 2.45) is 11.5 Å². The average molecular weight is 217 g/mol. The summed E-state index contributed by atoms with van der Waals surface area (Å²) in [5.74, 6) is -2.08. The zero-order chi connectivity index (χ0) is 11.4. The van der Waals surface area contributed by atoms with Crippen LogP contribution in [0.5, 0.6) is 0 Å². The number of hydrogen-bond acceptors (Lipinski definition) is 7. The monoisotopic (exact) mass is 217 g/mol. The molecular formula is C8H15N3O4. The van der Waals surface area contributed by atoms with Gasteiger partial charge in [0, 0.05) is 0 Å². The van der Waals surface area contributed by atoms with Crippen molar-refractivity contribution < 1.29 is 20.1 Å². The van der Waals surface area contributed by atoms with Gasteiger partial charge in [0.2, 0.25) is 5.72 Å². The topological polar surface area (TPSA) is 125 Å². The van der Waals surface area contributed by atoms with Gasteiger partial charge in [0.05, 0.1) is 11.6 Å². The van der Waals surface area contributed by atoms with Crippen LogP contribution in [0, 0.1) is 0 Å². The summed E-state index contributed by atoms with van der Waals surface area (Å²) in [7, 11) is 0. The van der Waals surface area contributed by atoms with E-state index in [1.54, 1.807) is 13.8 Å². The summed E-state index contributed by atoms with van der Waals surface area (Å²) in [5.41, 5.74) is 7.12. The van der Waals surface area contributed by atoms with Gasteiger partial charge in [-0.15, -0.1) is 0 Å². The van der Waals surface area contributed by atoms with Crippen molar-refractivity contribution in [1.29, 1.82) is 0 Å². The van der Waals surface area contributed by atoms with Crippen LogP contribution in [0.1, 0.15) is 13.8 Å². The van der Waals surface area contributed by atoms with Crippen LogP contribution in [0.15, 0.2) is 0 Å². The molecule has 0 amide bonds. The maximum Gasteiger partial charge on any atom is 0.270 e. The van der Waals surface area contributed by atoms with Crippen LogP contribution in [0.2, 0.25) is 0 Å². The third-order valence-electron chi connectivity index (χ3n) is 4.40. The van der Waals surface area contributed by atoms with Crippen molar-refractivity contribution in [1.82, 2.24) is 4.90 Å². The number of morpholine rings is 1. The van der Waals surface area contributed by atoms with E-state index in [4.69, 9.17) is 16.2 Å². The van der Waals surface area contributed by atoms with Gasteiger partial charge in [-0.25, -0.2) is 4.90 Å². The van der Waals surface area contributed by atoms with Gasteiger partial charge in [0.1, 0.15) is 11.8 Å². The summed E-state index contributed by atoms with van der Waals surface area (Å²) in [4.78, 5) is 1.49. The lowest BCUT2D eigenvalue weighted by Gasteiger charge is -2.86. The quantitative estimate of drug-likeness (QED) is 0.271. The van der Waals surface area contributed by atoms with Crippen molar-refractivity contribution in [2.75, 3.05) is 0 Å². The van der Waals surface area contributed by atoms with E-state index in [0.29, 0.717) is 0 Å². The molecule has 0 spiro atoms. The van der Waals surface area contributed by atoms with Gasteiger partial charge in [-0.05, 0) is 13.8 Å². The molecule has 0 aliphatic carbocycles. The lowest BCUT2D eigenvalue weighted by molar-refractivity contribution is -0.603. The van der Waals surface area contributed by atoms with Gasteiger partial charge in [-0.1, -0.05) is 0 Å². The summed E-state index contributed by atoms with van der Waals surface area (Å²) in [6, 6.07) is -0.484. The summed E-state index contributed by atoms with van der Waals surface area (Å²) in [6.07, 6.45) is -0.758. The molecular weight excluding hydrogens is 202 g/mol. The molecule has 3 heterocycles. The van der Waals surface area contributed by atoms with E-state index >= 15 is 0 Å². The summed E-state index contributed by atoms with van der Waals surface area (Å²) in [5, 5.41) is 29.6. The molecule has 7 heteroatoms. The fourth-order valence-electron chi connectivity index (χ4n) is 3.35. The Hall–Kier alpha value is -0.280. The van der Waals surface area contributed by atoms with Gasteiger partial charge in [0.15, 0.2) is 0 Å². The Kier molecular flexibility index (Phi) is 1.29. The summed E-state index contributed by atoms with van der Waals surface area (Å²) >= 11 is 0. The van der Waals surface area contributed by atoms with Crippen LogP contribution in [-0.2, 0) is 4.74 Å². The predicted molar refractivity (Wildman–Crippen MR) is 47.8 cm³/mol. The van der Waals surface area contributed by atoms with Crippen molar-refractivity contribution in [3.05, 3.63) is 0 Å². The molecule has 0 aromatic rings. The molecule has 0 bridgehead atoms. The lowest BCUT2D eigenvalue weighted by atomic mass is 9.53. The highest BCUT2D eigenvalue weighted by molar-refractivity contribution is 5.39. The Balaban J connectivity index is 2.01. The second-order valence-electron chi connectivity index (χ2n) is 4.94. The Bertz CT molecular complexity index is 350. The van der Waals surface area contributed by atoms with E-state index in [-0.39, 0.29) is 0 Å². The second kappa shape index (κ2) is 1.95. The highest BCUT2D eigenvalue weighted by Crippen LogP contribution is 2.68. The number of piperidine rings is 1. The van der Waals surface area contributed by atoms with Gasteiger partial charge in [-0.2, -0.15) is 0 Å².